The molecule has 0 aliphatic heterocycles. The maximum atomic E-state index is 12.0. The molecular formula is C22H29NO4. The number of nitrogens with one attached hydrogen (secondary N) is 1. The van der Waals surface area contributed by atoms with Gasteiger partial charge in [0.05, 0.1) is 13.2 Å². The summed E-state index contributed by atoms with van der Waals surface area (Å²) in [5.74, 6) is 2.09. The quantitative estimate of drug-likeness (QED) is 0.689. The van der Waals surface area contributed by atoms with Crippen LogP contribution in [0.2, 0.25) is 0 Å². The van der Waals surface area contributed by atoms with Gasteiger partial charge in [0.2, 0.25) is 0 Å². The Bertz CT molecular complexity index is 758. The van der Waals surface area contributed by atoms with Crippen LogP contribution in [0.3, 0.4) is 0 Å². The highest BCUT2D eigenvalue weighted by Crippen LogP contribution is 2.28. The van der Waals surface area contributed by atoms with Gasteiger partial charge in [0.15, 0.2) is 18.1 Å². The summed E-state index contributed by atoms with van der Waals surface area (Å²) in [6, 6.07) is 11.8. The van der Waals surface area contributed by atoms with Crippen molar-refractivity contribution in [1.82, 2.24) is 5.32 Å². The van der Waals surface area contributed by atoms with Crippen LogP contribution in [-0.2, 0) is 11.2 Å². The summed E-state index contributed by atoms with van der Waals surface area (Å²) in [4.78, 5) is 12.0. The van der Waals surface area contributed by atoms with Crippen LogP contribution in [0.1, 0.15) is 30.5 Å². The predicted molar refractivity (Wildman–Crippen MR) is 107 cm³/mol. The van der Waals surface area contributed by atoms with E-state index in [2.05, 4.69) is 5.32 Å². The number of ether oxygens (including phenoxy) is 3. The normalized spacial score (nSPS) is 10.4. The standard InChI is InChI=1S/C22H29NO4/c1-5-25-20-10-8-18(14-21(20)26-6-2)11-12-23-22(24)15-27-19-9-7-16(3)13-17(19)4/h7-10,13-14H,5-6,11-12,15H2,1-4H3,(H,23,24). The molecule has 146 valence electrons. The average Bonchev–Trinajstić information content (AvgIpc) is 2.63. The van der Waals surface area contributed by atoms with Gasteiger partial charge in [-0.05, 0) is 63.4 Å². The maximum absolute atomic E-state index is 12.0. The molecule has 2 aromatic rings. The molecule has 2 aromatic carbocycles. The highest BCUT2D eigenvalue weighted by atomic mass is 16.5. The summed E-state index contributed by atoms with van der Waals surface area (Å²) in [6.45, 7) is 9.61. The first-order chi connectivity index (χ1) is 13.0. The number of rotatable bonds is 10. The largest absolute Gasteiger partial charge is 0.490 e. The molecule has 0 radical (unpaired) electrons. The fourth-order valence-electron chi connectivity index (χ4n) is 2.75. The van der Waals surface area contributed by atoms with Gasteiger partial charge in [0.25, 0.3) is 5.91 Å². The van der Waals surface area contributed by atoms with Gasteiger partial charge in [-0.15, -0.1) is 0 Å². The third kappa shape index (κ3) is 6.51. The molecule has 0 heterocycles. The van der Waals surface area contributed by atoms with E-state index in [0.29, 0.717) is 26.2 Å². The van der Waals surface area contributed by atoms with E-state index < -0.39 is 0 Å². The van der Waals surface area contributed by atoms with Crippen LogP contribution in [0.15, 0.2) is 36.4 Å². The van der Waals surface area contributed by atoms with Crippen molar-refractivity contribution in [3.05, 3.63) is 53.1 Å². The van der Waals surface area contributed by atoms with Crippen molar-refractivity contribution in [2.24, 2.45) is 0 Å². The molecule has 0 atom stereocenters. The summed E-state index contributed by atoms with van der Waals surface area (Å²) >= 11 is 0. The molecule has 5 heteroatoms. The Balaban J connectivity index is 1.81. The molecule has 0 aliphatic carbocycles. The van der Waals surface area contributed by atoms with E-state index >= 15 is 0 Å². The van der Waals surface area contributed by atoms with Crippen molar-refractivity contribution in [2.75, 3.05) is 26.4 Å². The Hall–Kier alpha value is -2.69. The second-order valence-electron chi connectivity index (χ2n) is 6.30. The molecule has 2 rings (SSSR count). The molecule has 0 bridgehead atoms. The van der Waals surface area contributed by atoms with Crippen LogP contribution in [0.4, 0.5) is 0 Å². The van der Waals surface area contributed by atoms with Crippen molar-refractivity contribution in [3.63, 3.8) is 0 Å². The molecule has 0 fully saturated rings. The first-order valence-electron chi connectivity index (χ1n) is 9.38. The summed E-state index contributed by atoms with van der Waals surface area (Å²) < 4.78 is 16.8. The zero-order valence-electron chi connectivity index (χ0n) is 16.6. The zero-order chi connectivity index (χ0) is 19.6. The molecule has 1 amide bonds. The van der Waals surface area contributed by atoms with Crippen LogP contribution in [-0.4, -0.2) is 32.3 Å². The second kappa shape index (κ2) is 10.5. The molecule has 0 spiro atoms. The minimum Gasteiger partial charge on any atom is -0.490 e. The van der Waals surface area contributed by atoms with E-state index in [1.807, 2.05) is 64.1 Å². The van der Waals surface area contributed by atoms with E-state index in [-0.39, 0.29) is 12.5 Å². The number of carbonyl (C=O) groups is 1. The third-order valence-corrected chi connectivity index (χ3v) is 4.03. The van der Waals surface area contributed by atoms with E-state index in [1.54, 1.807) is 0 Å². The minimum atomic E-state index is -0.133. The lowest BCUT2D eigenvalue weighted by atomic mass is 10.1. The highest BCUT2D eigenvalue weighted by molar-refractivity contribution is 5.77. The average molecular weight is 371 g/mol. The molecule has 0 unspecified atom stereocenters. The van der Waals surface area contributed by atoms with Crippen LogP contribution < -0.4 is 19.5 Å². The molecule has 0 saturated heterocycles. The smallest absolute Gasteiger partial charge is 0.257 e. The summed E-state index contributed by atoms with van der Waals surface area (Å²) in [6.07, 6.45) is 0.710. The first kappa shape index (κ1) is 20.6. The van der Waals surface area contributed by atoms with Crippen LogP contribution >= 0.6 is 0 Å². The number of amides is 1. The van der Waals surface area contributed by atoms with Crippen LogP contribution in [0.25, 0.3) is 0 Å². The molecule has 5 nitrogen and oxygen atoms in total. The maximum Gasteiger partial charge on any atom is 0.257 e. The third-order valence-electron chi connectivity index (χ3n) is 4.03. The van der Waals surface area contributed by atoms with Gasteiger partial charge in [0.1, 0.15) is 5.75 Å². The lowest BCUT2D eigenvalue weighted by molar-refractivity contribution is -0.123. The second-order valence-corrected chi connectivity index (χ2v) is 6.30. The summed E-state index contributed by atoms with van der Waals surface area (Å²) in [5.41, 5.74) is 3.28. The van der Waals surface area contributed by atoms with Crippen LogP contribution in [0.5, 0.6) is 17.2 Å². The number of benzene rings is 2. The molecular weight excluding hydrogens is 342 g/mol. The van der Waals surface area contributed by atoms with E-state index in [4.69, 9.17) is 14.2 Å². The van der Waals surface area contributed by atoms with Crippen LogP contribution in [0, 0.1) is 13.8 Å². The van der Waals surface area contributed by atoms with Gasteiger partial charge >= 0.3 is 0 Å². The summed E-state index contributed by atoms with van der Waals surface area (Å²) in [7, 11) is 0. The minimum absolute atomic E-state index is 0.0113. The van der Waals surface area contributed by atoms with E-state index in [1.165, 1.54) is 5.56 Å². The van der Waals surface area contributed by atoms with Gasteiger partial charge in [-0.2, -0.15) is 0 Å². The molecule has 0 saturated carbocycles. The number of aryl methyl sites for hydroxylation is 2. The number of hydrogen-bond acceptors (Lipinski definition) is 4. The summed E-state index contributed by atoms with van der Waals surface area (Å²) in [5, 5.41) is 2.89. The Morgan fingerprint density at radius 2 is 1.59 bits per heavy atom. The molecule has 27 heavy (non-hydrogen) atoms. The Labute approximate surface area is 161 Å². The molecule has 0 aliphatic rings. The van der Waals surface area contributed by atoms with Crippen molar-refractivity contribution in [3.8, 4) is 17.2 Å². The Morgan fingerprint density at radius 3 is 2.30 bits per heavy atom. The number of hydrogen-bond donors (Lipinski definition) is 1. The monoisotopic (exact) mass is 371 g/mol. The Morgan fingerprint density at radius 1 is 0.889 bits per heavy atom. The molecule has 1 N–H and O–H groups in total. The topological polar surface area (TPSA) is 56.8 Å². The highest BCUT2D eigenvalue weighted by Gasteiger charge is 2.08. The van der Waals surface area contributed by atoms with Crippen molar-refractivity contribution >= 4 is 5.91 Å². The van der Waals surface area contributed by atoms with Crippen molar-refractivity contribution in [2.45, 2.75) is 34.1 Å². The lowest BCUT2D eigenvalue weighted by Crippen LogP contribution is -2.30. The van der Waals surface area contributed by atoms with Gasteiger partial charge in [-0.25, -0.2) is 0 Å². The fraction of sp³-hybridized carbons (Fsp3) is 0.409. The number of carbonyl (C=O) groups excluding carboxylic acids is 1. The lowest BCUT2D eigenvalue weighted by Gasteiger charge is -2.13. The van der Waals surface area contributed by atoms with Gasteiger partial charge in [-0.3, -0.25) is 4.79 Å². The van der Waals surface area contributed by atoms with Crippen molar-refractivity contribution in [1.29, 1.82) is 0 Å². The van der Waals surface area contributed by atoms with Gasteiger partial charge < -0.3 is 19.5 Å². The predicted octanol–water partition coefficient (Wildman–Crippen LogP) is 3.84. The fourth-order valence-corrected chi connectivity index (χ4v) is 2.75. The van der Waals surface area contributed by atoms with E-state index in [9.17, 15) is 4.79 Å². The first-order valence-corrected chi connectivity index (χ1v) is 9.38. The Kier molecular flexibility index (Phi) is 7.99. The van der Waals surface area contributed by atoms with Gasteiger partial charge in [-0.1, -0.05) is 23.8 Å². The van der Waals surface area contributed by atoms with Crippen molar-refractivity contribution < 1.29 is 19.0 Å². The zero-order valence-corrected chi connectivity index (χ0v) is 16.6. The van der Waals surface area contributed by atoms with Gasteiger partial charge in [0, 0.05) is 6.54 Å². The molecule has 0 aromatic heterocycles. The van der Waals surface area contributed by atoms with E-state index in [0.717, 1.165) is 28.4 Å². The SMILES string of the molecule is CCOc1ccc(CCNC(=O)COc2ccc(C)cc2C)cc1OCC.